The van der Waals surface area contributed by atoms with E-state index in [4.69, 9.17) is 10.00 Å². The third-order valence-corrected chi connectivity index (χ3v) is 3.40. The Morgan fingerprint density at radius 2 is 2.00 bits per heavy atom. The molecule has 0 spiro atoms. The van der Waals surface area contributed by atoms with Crippen molar-refractivity contribution < 1.29 is 9.53 Å². The minimum absolute atomic E-state index is 0.0293. The summed E-state index contributed by atoms with van der Waals surface area (Å²) in [7, 11) is 1.58. The van der Waals surface area contributed by atoms with Crippen LogP contribution >= 0.6 is 0 Å². The third-order valence-electron chi connectivity index (χ3n) is 3.40. The monoisotopic (exact) mass is 261 g/mol. The quantitative estimate of drug-likeness (QED) is 0.712. The fourth-order valence-electron chi connectivity index (χ4n) is 2.34. The molecule has 2 heterocycles. The lowest BCUT2D eigenvalue weighted by Gasteiger charge is -2.31. The molecule has 1 aliphatic heterocycles. The number of rotatable bonds is 2. The normalized spacial score (nSPS) is 15.1. The number of nitrogens with zero attached hydrogens (tertiary/aromatic N) is 3. The highest BCUT2D eigenvalue weighted by Gasteiger charge is 2.22. The van der Waals surface area contributed by atoms with Gasteiger partial charge in [-0.2, -0.15) is 5.26 Å². The average molecular weight is 261 g/mol. The van der Waals surface area contributed by atoms with E-state index in [0.717, 1.165) is 0 Å². The Kier molecular flexibility index (Phi) is 3.67. The van der Waals surface area contributed by atoms with Crippen LogP contribution in [0, 0.1) is 18.3 Å². The predicted octanol–water partition coefficient (Wildman–Crippen LogP) is 0.215. The van der Waals surface area contributed by atoms with Gasteiger partial charge in [-0.1, -0.05) is 0 Å². The van der Waals surface area contributed by atoms with Crippen LogP contribution in [-0.2, 0) is 11.8 Å². The van der Waals surface area contributed by atoms with Gasteiger partial charge in [0.15, 0.2) is 6.29 Å². The molecule has 0 bridgehead atoms. The zero-order valence-electron chi connectivity index (χ0n) is 11.0. The maximum absolute atomic E-state index is 12.1. The second-order valence-corrected chi connectivity index (χ2v) is 4.43. The van der Waals surface area contributed by atoms with E-state index in [2.05, 4.69) is 0 Å². The molecule has 0 saturated carbocycles. The second kappa shape index (κ2) is 5.24. The first-order chi connectivity index (χ1) is 9.11. The molecule has 0 aromatic carbocycles. The summed E-state index contributed by atoms with van der Waals surface area (Å²) in [4.78, 5) is 25.4. The molecular formula is C13H15N3O3. The lowest BCUT2D eigenvalue weighted by molar-refractivity contribution is 0.111. The van der Waals surface area contributed by atoms with Crippen molar-refractivity contribution in [3.63, 3.8) is 0 Å². The number of anilines is 1. The zero-order valence-corrected chi connectivity index (χ0v) is 11.0. The summed E-state index contributed by atoms with van der Waals surface area (Å²) in [6.45, 7) is 4.00. The number of carbonyl (C=O) groups excluding carboxylic acids is 1. The molecule has 6 nitrogen and oxygen atoms in total. The molecule has 0 unspecified atom stereocenters. The number of carbonyl (C=O) groups is 1. The Morgan fingerprint density at radius 1 is 1.37 bits per heavy atom. The number of hydrogen-bond donors (Lipinski definition) is 0. The highest BCUT2D eigenvalue weighted by Crippen LogP contribution is 2.22. The molecule has 0 amide bonds. The van der Waals surface area contributed by atoms with Crippen LogP contribution in [0.25, 0.3) is 0 Å². The first kappa shape index (κ1) is 13.3. The lowest BCUT2D eigenvalue weighted by atomic mass is 10.1. The van der Waals surface area contributed by atoms with Crippen LogP contribution in [0.4, 0.5) is 5.82 Å². The summed E-state index contributed by atoms with van der Waals surface area (Å²) in [5.74, 6) is 0.569. The van der Waals surface area contributed by atoms with E-state index in [-0.39, 0.29) is 11.1 Å². The number of aromatic nitrogens is 1. The number of nitriles is 1. The molecule has 1 aromatic rings. The minimum Gasteiger partial charge on any atom is -0.378 e. The zero-order chi connectivity index (χ0) is 14.0. The largest absolute Gasteiger partial charge is 0.378 e. The summed E-state index contributed by atoms with van der Waals surface area (Å²) in [5.41, 5.74) is 0.511. The van der Waals surface area contributed by atoms with Gasteiger partial charge in [-0.05, 0) is 12.5 Å². The number of morpholine rings is 1. The lowest BCUT2D eigenvalue weighted by Crippen LogP contribution is -2.41. The maximum Gasteiger partial charge on any atom is 0.270 e. The molecule has 1 fully saturated rings. The standard InChI is InChI=1S/C13H15N3O3/c1-9-10(7-14)13(18)15(2)12(11(9)8-17)16-3-5-19-6-4-16/h8H,3-6H2,1-2H3. The van der Waals surface area contributed by atoms with Crippen LogP contribution in [0.5, 0.6) is 0 Å². The van der Waals surface area contributed by atoms with E-state index in [1.165, 1.54) is 4.57 Å². The SMILES string of the molecule is Cc1c(C=O)c(N2CCOCC2)n(C)c(=O)c1C#N. The first-order valence-electron chi connectivity index (χ1n) is 6.03. The smallest absolute Gasteiger partial charge is 0.270 e. The molecule has 0 aliphatic carbocycles. The third kappa shape index (κ3) is 2.13. The molecule has 1 aliphatic rings. The number of ether oxygens (including phenoxy) is 1. The van der Waals surface area contributed by atoms with Crippen molar-refractivity contribution in [1.29, 1.82) is 5.26 Å². The van der Waals surface area contributed by atoms with E-state index in [1.807, 2.05) is 11.0 Å². The topological polar surface area (TPSA) is 75.3 Å². The van der Waals surface area contributed by atoms with E-state index >= 15 is 0 Å². The van der Waals surface area contributed by atoms with Gasteiger partial charge >= 0.3 is 0 Å². The van der Waals surface area contributed by atoms with Gasteiger partial charge in [-0.25, -0.2) is 0 Å². The average Bonchev–Trinajstić information content (AvgIpc) is 2.44. The van der Waals surface area contributed by atoms with Crippen LogP contribution in [0.15, 0.2) is 4.79 Å². The Morgan fingerprint density at radius 3 is 2.53 bits per heavy atom. The van der Waals surface area contributed by atoms with Gasteiger partial charge in [-0.3, -0.25) is 14.2 Å². The molecule has 0 atom stereocenters. The summed E-state index contributed by atoms with van der Waals surface area (Å²) in [6.07, 6.45) is 0.709. The van der Waals surface area contributed by atoms with Crippen LogP contribution in [0.2, 0.25) is 0 Å². The summed E-state index contributed by atoms with van der Waals surface area (Å²) < 4.78 is 6.65. The van der Waals surface area contributed by atoms with Crippen molar-refractivity contribution in [3.8, 4) is 6.07 Å². The van der Waals surface area contributed by atoms with Gasteiger partial charge in [0.1, 0.15) is 17.5 Å². The van der Waals surface area contributed by atoms with Crippen molar-refractivity contribution in [2.24, 2.45) is 7.05 Å². The van der Waals surface area contributed by atoms with Crippen molar-refractivity contribution >= 4 is 12.1 Å². The summed E-state index contributed by atoms with van der Waals surface area (Å²) >= 11 is 0. The van der Waals surface area contributed by atoms with E-state index in [1.54, 1.807) is 14.0 Å². The second-order valence-electron chi connectivity index (χ2n) is 4.43. The Balaban J connectivity index is 2.69. The molecule has 0 N–H and O–H groups in total. The van der Waals surface area contributed by atoms with Gasteiger partial charge in [0.05, 0.1) is 18.8 Å². The van der Waals surface area contributed by atoms with Gasteiger partial charge in [0.2, 0.25) is 0 Å². The minimum atomic E-state index is -0.368. The number of pyridine rings is 1. The van der Waals surface area contributed by atoms with Gasteiger partial charge in [-0.15, -0.1) is 0 Å². The van der Waals surface area contributed by atoms with Crippen molar-refractivity contribution in [2.45, 2.75) is 6.92 Å². The van der Waals surface area contributed by atoms with E-state index in [9.17, 15) is 9.59 Å². The number of aldehydes is 1. The Hall–Kier alpha value is -2.13. The molecular weight excluding hydrogens is 246 g/mol. The van der Waals surface area contributed by atoms with Gasteiger partial charge < -0.3 is 9.64 Å². The highest BCUT2D eigenvalue weighted by atomic mass is 16.5. The molecule has 1 saturated heterocycles. The van der Waals surface area contributed by atoms with Gasteiger partial charge in [0.25, 0.3) is 5.56 Å². The fourth-order valence-corrected chi connectivity index (χ4v) is 2.34. The summed E-state index contributed by atoms with van der Waals surface area (Å²) in [5, 5.41) is 9.03. The van der Waals surface area contributed by atoms with Crippen molar-refractivity contribution in [1.82, 2.24) is 4.57 Å². The van der Waals surface area contributed by atoms with Crippen LogP contribution in [-0.4, -0.2) is 37.2 Å². The summed E-state index contributed by atoms with van der Waals surface area (Å²) in [6, 6.07) is 1.87. The molecule has 2 rings (SSSR count). The maximum atomic E-state index is 12.1. The molecule has 1 aromatic heterocycles. The van der Waals surface area contributed by atoms with E-state index in [0.29, 0.717) is 49.5 Å². The van der Waals surface area contributed by atoms with Crippen molar-refractivity contribution in [3.05, 3.63) is 27.0 Å². The molecule has 6 heteroatoms. The molecule has 19 heavy (non-hydrogen) atoms. The van der Waals surface area contributed by atoms with E-state index < -0.39 is 0 Å². The predicted molar refractivity (Wildman–Crippen MR) is 69.6 cm³/mol. The Labute approximate surface area is 110 Å². The highest BCUT2D eigenvalue weighted by molar-refractivity contribution is 5.86. The molecule has 0 radical (unpaired) electrons. The fraction of sp³-hybridized carbons (Fsp3) is 0.462. The number of hydrogen-bond acceptors (Lipinski definition) is 5. The van der Waals surface area contributed by atoms with Crippen LogP contribution < -0.4 is 10.5 Å². The van der Waals surface area contributed by atoms with Crippen molar-refractivity contribution in [2.75, 3.05) is 31.2 Å². The van der Waals surface area contributed by atoms with Crippen LogP contribution in [0.1, 0.15) is 21.5 Å². The molecule has 100 valence electrons. The Bertz CT molecular complexity index is 607. The van der Waals surface area contributed by atoms with Crippen LogP contribution in [0.3, 0.4) is 0 Å². The first-order valence-corrected chi connectivity index (χ1v) is 6.03. The van der Waals surface area contributed by atoms with Gasteiger partial charge in [0, 0.05) is 20.1 Å².